The summed E-state index contributed by atoms with van der Waals surface area (Å²) in [7, 11) is 0. The maximum atomic E-state index is 13.1. The van der Waals surface area contributed by atoms with Gasteiger partial charge in [0.15, 0.2) is 0 Å². The van der Waals surface area contributed by atoms with Crippen LogP contribution in [0.25, 0.3) is 0 Å². The molecule has 0 saturated carbocycles. The van der Waals surface area contributed by atoms with Crippen molar-refractivity contribution in [1.82, 2.24) is 5.32 Å². The monoisotopic (exact) mass is 415 g/mol. The molecule has 4 nitrogen and oxygen atoms in total. The van der Waals surface area contributed by atoms with Crippen LogP contribution in [0.3, 0.4) is 0 Å². The molecule has 0 heterocycles. The van der Waals surface area contributed by atoms with Crippen molar-refractivity contribution in [2.24, 2.45) is 5.41 Å². The van der Waals surface area contributed by atoms with E-state index in [9.17, 15) is 9.90 Å². The Morgan fingerprint density at radius 1 is 1.16 bits per heavy atom. The summed E-state index contributed by atoms with van der Waals surface area (Å²) in [6.45, 7) is 14.9. The third-order valence-electron chi connectivity index (χ3n) is 3.97. The average Bonchev–Trinajstić information content (AvgIpc) is 2.51. The first-order chi connectivity index (χ1) is 11.4. The van der Waals surface area contributed by atoms with Crippen molar-refractivity contribution < 1.29 is 14.6 Å². The summed E-state index contributed by atoms with van der Waals surface area (Å²) >= 11 is -0.264. The molecular formula is C20H33NO3Se. The average molecular weight is 414 g/mol. The molecule has 0 amide bonds. The van der Waals surface area contributed by atoms with Crippen molar-refractivity contribution in [3.05, 3.63) is 30.3 Å². The Kier molecular flexibility index (Phi) is 7.70. The molecule has 25 heavy (non-hydrogen) atoms. The first-order valence-electron chi connectivity index (χ1n) is 8.78. The predicted octanol–water partition coefficient (Wildman–Crippen LogP) is 2.53. The molecule has 0 fully saturated rings. The van der Waals surface area contributed by atoms with Gasteiger partial charge in [-0.25, -0.2) is 0 Å². The predicted molar refractivity (Wildman–Crippen MR) is 104 cm³/mol. The molecule has 0 spiro atoms. The number of esters is 1. The third kappa shape index (κ3) is 6.41. The van der Waals surface area contributed by atoms with E-state index in [4.69, 9.17) is 4.74 Å². The van der Waals surface area contributed by atoms with Gasteiger partial charge in [0.2, 0.25) is 0 Å². The number of aliphatic hydroxyl groups is 1. The van der Waals surface area contributed by atoms with E-state index in [1.807, 2.05) is 78.8 Å². The van der Waals surface area contributed by atoms with Crippen LogP contribution in [0.15, 0.2) is 30.3 Å². The SMILES string of the molecule is CCNCC(C)(C)[C@H](O)[C@](C)([Se]c1ccccc1)C(=O)OC(C)(C)C. The Morgan fingerprint density at radius 3 is 2.20 bits per heavy atom. The van der Waals surface area contributed by atoms with Crippen LogP contribution >= 0.6 is 0 Å². The van der Waals surface area contributed by atoms with Gasteiger partial charge in [0.05, 0.1) is 0 Å². The molecular weight excluding hydrogens is 381 g/mol. The molecule has 1 aromatic carbocycles. The number of hydrogen-bond donors (Lipinski definition) is 2. The normalized spacial score (nSPS) is 16.2. The Morgan fingerprint density at radius 2 is 1.72 bits per heavy atom. The van der Waals surface area contributed by atoms with Gasteiger partial charge in [0, 0.05) is 0 Å². The van der Waals surface area contributed by atoms with Gasteiger partial charge < -0.3 is 0 Å². The van der Waals surface area contributed by atoms with Crippen molar-refractivity contribution >= 4 is 25.4 Å². The number of rotatable bonds is 8. The van der Waals surface area contributed by atoms with E-state index in [1.165, 1.54) is 0 Å². The zero-order valence-electron chi connectivity index (χ0n) is 16.6. The number of aliphatic hydroxyl groups excluding tert-OH is 1. The van der Waals surface area contributed by atoms with Gasteiger partial charge in [0.1, 0.15) is 0 Å². The molecule has 0 aliphatic carbocycles. The fourth-order valence-electron chi connectivity index (χ4n) is 2.61. The molecule has 0 bridgehead atoms. The van der Waals surface area contributed by atoms with Crippen LogP contribution in [0.4, 0.5) is 0 Å². The van der Waals surface area contributed by atoms with Crippen LogP contribution < -0.4 is 9.78 Å². The summed E-state index contributed by atoms with van der Waals surface area (Å²) in [4.78, 5) is 13.1. The zero-order chi connectivity index (χ0) is 19.3. The van der Waals surface area contributed by atoms with Crippen molar-refractivity contribution in [2.75, 3.05) is 13.1 Å². The number of hydrogen-bond acceptors (Lipinski definition) is 4. The quantitative estimate of drug-likeness (QED) is 0.507. The number of carbonyl (C=O) groups is 1. The summed E-state index contributed by atoms with van der Waals surface area (Å²) in [5, 5.41) is 14.5. The molecule has 1 rings (SSSR count). The molecule has 0 aliphatic heterocycles. The molecule has 0 radical (unpaired) electrons. The number of ether oxygens (including phenoxy) is 1. The second-order valence-electron chi connectivity index (χ2n) is 8.20. The maximum absolute atomic E-state index is 13.1. The van der Waals surface area contributed by atoms with E-state index in [-0.39, 0.29) is 20.9 Å². The van der Waals surface area contributed by atoms with Crippen LogP contribution in [0.1, 0.15) is 48.5 Å². The van der Waals surface area contributed by atoms with Crippen LogP contribution in [-0.2, 0) is 9.53 Å². The Hall–Kier alpha value is -0.871. The number of benzene rings is 1. The second kappa shape index (κ2) is 8.68. The standard InChI is InChI=1S/C20H33NO3Se/c1-8-21-14-19(5,6)16(22)20(7,17(23)24-18(2,3)4)25-15-12-10-9-11-13-15/h9-13,16,21-22H,8,14H2,1-7H3/t16-,20-/m0/s1. The minimum atomic E-state index is -0.972. The van der Waals surface area contributed by atoms with E-state index in [2.05, 4.69) is 5.32 Å². The Labute approximate surface area is 158 Å². The summed E-state index contributed by atoms with van der Waals surface area (Å²) in [6, 6.07) is 9.89. The van der Waals surface area contributed by atoms with Crippen molar-refractivity contribution in [3.8, 4) is 0 Å². The van der Waals surface area contributed by atoms with Crippen LogP contribution in [0.5, 0.6) is 0 Å². The van der Waals surface area contributed by atoms with Gasteiger partial charge in [-0.2, -0.15) is 0 Å². The molecule has 142 valence electrons. The third-order valence-corrected chi connectivity index (χ3v) is 6.74. The van der Waals surface area contributed by atoms with E-state index in [0.717, 1.165) is 11.0 Å². The Bertz CT molecular complexity index is 554. The Balaban J connectivity index is 3.19. The number of carbonyl (C=O) groups excluding carboxylic acids is 1. The minimum absolute atomic E-state index is 0.264. The van der Waals surface area contributed by atoms with Gasteiger partial charge in [-0.1, -0.05) is 0 Å². The fraction of sp³-hybridized carbons (Fsp3) is 0.650. The van der Waals surface area contributed by atoms with Gasteiger partial charge in [-0.05, 0) is 0 Å². The molecule has 0 saturated heterocycles. The van der Waals surface area contributed by atoms with Crippen molar-refractivity contribution in [2.45, 2.75) is 64.5 Å². The molecule has 2 N–H and O–H groups in total. The van der Waals surface area contributed by atoms with Crippen molar-refractivity contribution in [1.29, 1.82) is 0 Å². The van der Waals surface area contributed by atoms with E-state index in [0.29, 0.717) is 6.54 Å². The summed E-state index contributed by atoms with van der Waals surface area (Å²) in [5.74, 6) is -0.332. The fourth-order valence-corrected chi connectivity index (χ4v) is 5.42. The van der Waals surface area contributed by atoms with Crippen LogP contribution in [0.2, 0.25) is 4.31 Å². The van der Waals surface area contributed by atoms with Gasteiger partial charge in [0.25, 0.3) is 0 Å². The molecule has 5 heteroatoms. The van der Waals surface area contributed by atoms with E-state index in [1.54, 1.807) is 0 Å². The van der Waals surface area contributed by atoms with Gasteiger partial charge in [-0.15, -0.1) is 0 Å². The first kappa shape index (κ1) is 22.2. The molecule has 0 aromatic heterocycles. The summed E-state index contributed by atoms with van der Waals surface area (Å²) in [5.41, 5.74) is -1.05. The molecule has 2 atom stereocenters. The zero-order valence-corrected chi connectivity index (χ0v) is 18.3. The van der Waals surface area contributed by atoms with Crippen LogP contribution in [0, 0.1) is 5.41 Å². The van der Waals surface area contributed by atoms with Crippen molar-refractivity contribution in [3.63, 3.8) is 0 Å². The van der Waals surface area contributed by atoms with E-state index >= 15 is 0 Å². The first-order valence-corrected chi connectivity index (χ1v) is 10.5. The van der Waals surface area contributed by atoms with E-state index < -0.39 is 21.4 Å². The van der Waals surface area contributed by atoms with Gasteiger partial charge >= 0.3 is 159 Å². The molecule has 0 unspecified atom stereocenters. The number of nitrogens with one attached hydrogen (secondary N) is 1. The van der Waals surface area contributed by atoms with Gasteiger partial charge in [-0.3, -0.25) is 0 Å². The molecule has 1 aromatic rings. The summed E-state index contributed by atoms with van der Waals surface area (Å²) in [6.07, 6.45) is -0.825. The molecule has 0 aliphatic rings. The topological polar surface area (TPSA) is 58.6 Å². The summed E-state index contributed by atoms with van der Waals surface area (Å²) < 4.78 is 5.79. The second-order valence-corrected chi connectivity index (χ2v) is 11.4. The van der Waals surface area contributed by atoms with Crippen LogP contribution in [-0.4, -0.2) is 50.8 Å².